The van der Waals surface area contributed by atoms with Crippen molar-refractivity contribution >= 4 is 28.9 Å². The first kappa shape index (κ1) is 16.5. The van der Waals surface area contributed by atoms with E-state index in [0.29, 0.717) is 11.1 Å². The Balaban J connectivity index is 1.56. The highest BCUT2D eigenvalue weighted by Gasteiger charge is 2.14. The number of nitrogens with zero attached hydrogens (tertiary/aromatic N) is 2. The van der Waals surface area contributed by atoms with Crippen LogP contribution in [0.4, 0.5) is 5.95 Å². The van der Waals surface area contributed by atoms with Crippen LogP contribution in [0.2, 0.25) is 0 Å². The summed E-state index contributed by atoms with van der Waals surface area (Å²) in [5.74, 6) is -1.29. The molecule has 0 spiro atoms. The van der Waals surface area contributed by atoms with Gasteiger partial charge in [-0.1, -0.05) is 36.4 Å². The van der Waals surface area contributed by atoms with Crippen LogP contribution < -0.4 is 5.32 Å². The van der Waals surface area contributed by atoms with Gasteiger partial charge in [0, 0.05) is 11.8 Å². The number of benzene rings is 2. The maximum Gasteiger partial charge on any atom is 0.337 e. The zero-order valence-electron chi connectivity index (χ0n) is 14.0. The number of anilines is 1. The Kier molecular flexibility index (Phi) is 4.10. The molecule has 7 heteroatoms. The normalized spacial score (nSPS) is 10.7. The number of hydrogen-bond donors (Lipinski definition) is 3. The standard InChI is InChI=1S/C20H14N4O3/c25-18(13-9-10-15(21-11-13)12-5-2-1-3-6-12)24-20-22-16-8-4-7-14(19(26)27)17(16)23-20/h1-11H,(H,26,27)(H2,22,23,24,25). The number of aromatic amines is 1. The van der Waals surface area contributed by atoms with E-state index in [-0.39, 0.29) is 17.0 Å². The number of carbonyl (C=O) groups excluding carboxylic acids is 1. The molecule has 0 unspecified atom stereocenters. The smallest absolute Gasteiger partial charge is 0.337 e. The van der Waals surface area contributed by atoms with Gasteiger partial charge in [-0.2, -0.15) is 0 Å². The summed E-state index contributed by atoms with van der Waals surface area (Å²) in [5.41, 5.74) is 2.98. The molecular weight excluding hydrogens is 344 g/mol. The molecule has 0 saturated carbocycles. The molecule has 3 N–H and O–H groups in total. The van der Waals surface area contributed by atoms with Crippen LogP contribution in [0.15, 0.2) is 66.9 Å². The van der Waals surface area contributed by atoms with Crippen LogP contribution >= 0.6 is 0 Å². The number of amides is 1. The van der Waals surface area contributed by atoms with Crippen LogP contribution in [0.25, 0.3) is 22.3 Å². The van der Waals surface area contributed by atoms with Crippen molar-refractivity contribution in [1.29, 1.82) is 0 Å². The van der Waals surface area contributed by atoms with Crippen LogP contribution in [-0.4, -0.2) is 31.9 Å². The van der Waals surface area contributed by atoms with Crippen LogP contribution in [0.5, 0.6) is 0 Å². The summed E-state index contributed by atoms with van der Waals surface area (Å²) in [6, 6.07) is 17.9. The Labute approximate surface area is 153 Å². The summed E-state index contributed by atoms with van der Waals surface area (Å²) in [6.45, 7) is 0. The highest BCUT2D eigenvalue weighted by atomic mass is 16.4. The Hall–Kier alpha value is -4.00. The van der Waals surface area contributed by atoms with Gasteiger partial charge in [0.25, 0.3) is 5.91 Å². The zero-order valence-corrected chi connectivity index (χ0v) is 14.0. The number of aromatic carboxylic acids is 1. The lowest BCUT2D eigenvalue weighted by Gasteiger charge is -2.04. The number of fused-ring (bicyclic) bond motifs is 1. The first-order valence-corrected chi connectivity index (χ1v) is 8.16. The SMILES string of the molecule is O=C(Nc1nc2c(C(=O)O)cccc2[nH]1)c1ccc(-c2ccccc2)nc1. The number of aromatic nitrogens is 3. The lowest BCUT2D eigenvalue weighted by Crippen LogP contribution is -2.13. The molecule has 0 bridgehead atoms. The summed E-state index contributed by atoms with van der Waals surface area (Å²) in [4.78, 5) is 35.1. The molecular formula is C20H14N4O3. The first-order valence-electron chi connectivity index (χ1n) is 8.16. The largest absolute Gasteiger partial charge is 0.478 e. The molecule has 0 aliphatic carbocycles. The lowest BCUT2D eigenvalue weighted by molar-refractivity contribution is 0.0698. The van der Waals surface area contributed by atoms with Crippen LogP contribution in [0.3, 0.4) is 0 Å². The maximum atomic E-state index is 12.4. The molecule has 2 heterocycles. The molecule has 1 amide bonds. The van der Waals surface area contributed by atoms with Gasteiger partial charge in [0.2, 0.25) is 5.95 Å². The van der Waals surface area contributed by atoms with Crippen molar-refractivity contribution in [3.05, 3.63) is 78.0 Å². The summed E-state index contributed by atoms with van der Waals surface area (Å²) in [7, 11) is 0. The number of imidazole rings is 1. The number of nitrogens with one attached hydrogen (secondary N) is 2. The molecule has 0 radical (unpaired) electrons. The fourth-order valence-electron chi connectivity index (χ4n) is 2.75. The summed E-state index contributed by atoms with van der Waals surface area (Å²) < 4.78 is 0. The second-order valence-electron chi connectivity index (χ2n) is 5.84. The van der Waals surface area contributed by atoms with E-state index in [1.807, 2.05) is 30.3 Å². The number of carbonyl (C=O) groups is 2. The number of para-hydroxylation sites is 1. The minimum absolute atomic E-state index is 0.0677. The molecule has 0 atom stereocenters. The Morgan fingerprint density at radius 1 is 0.963 bits per heavy atom. The monoisotopic (exact) mass is 358 g/mol. The van der Waals surface area contributed by atoms with Gasteiger partial charge in [-0.25, -0.2) is 9.78 Å². The van der Waals surface area contributed by atoms with Gasteiger partial charge >= 0.3 is 5.97 Å². The first-order chi connectivity index (χ1) is 13.1. The summed E-state index contributed by atoms with van der Waals surface area (Å²) in [5, 5.41) is 11.9. The van der Waals surface area contributed by atoms with Crippen LogP contribution in [0, 0.1) is 0 Å². The van der Waals surface area contributed by atoms with E-state index in [1.165, 1.54) is 12.3 Å². The van der Waals surface area contributed by atoms with E-state index >= 15 is 0 Å². The Bertz CT molecular complexity index is 1140. The number of carboxylic acid groups (broad SMARTS) is 1. The molecule has 0 saturated heterocycles. The molecule has 27 heavy (non-hydrogen) atoms. The van der Waals surface area contributed by atoms with Crippen molar-refractivity contribution in [2.24, 2.45) is 0 Å². The third-order valence-corrected chi connectivity index (χ3v) is 4.07. The van der Waals surface area contributed by atoms with Crippen molar-refractivity contribution in [2.75, 3.05) is 5.32 Å². The van der Waals surface area contributed by atoms with E-state index in [1.54, 1.807) is 24.3 Å². The van der Waals surface area contributed by atoms with E-state index in [4.69, 9.17) is 0 Å². The minimum atomic E-state index is -1.08. The number of H-pyrrole nitrogens is 1. The van der Waals surface area contributed by atoms with E-state index in [2.05, 4.69) is 20.3 Å². The average Bonchev–Trinajstić information content (AvgIpc) is 3.11. The fourth-order valence-corrected chi connectivity index (χ4v) is 2.75. The molecule has 4 aromatic rings. The number of hydrogen-bond acceptors (Lipinski definition) is 4. The molecule has 2 aromatic heterocycles. The van der Waals surface area contributed by atoms with E-state index < -0.39 is 11.9 Å². The van der Waals surface area contributed by atoms with Gasteiger partial charge in [-0.15, -0.1) is 0 Å². The Morgan fingerprint density at radius 3 is 2.48 bits per heavy atom. The van der Waals surface area contributed by atoms with Gasteiger partial charge in [-0.3, -0.25) is 15.1 Å². The molecule has 4 rings (SSSR count). The molecule has 0 fully saturated rings. The van der Waals surface area contributed by atoms with Crippen molar-refractivity contribution < 1.29 is 14.7 Å². The van der Waals surface area contributed by atoms with E-state index in [9.17, 15) is 14.7 Å². The van der Waals surface area contributed by atoms with Crippen molar-refractivity contribution in [1.82, 2.24) is 15.0 Å². The highest BCUT2D eigenvalue weighted by Crippen LogP contribution is 2.20. The summed E-state index contributed by atoms with van der Waals surface area (Å²) in [6.07, 6.45) is 1.49. The van der Waals surface area contributed by atoms with Crippen LogP contribution in [-0.2, 0) is 0 Å². The average molecular weight is 358 g/mol. The molecule has 2 aromatic carbocycles. The van der Waals surface area contributed by atoms with Crippen molar-refractivity contribution in [3.8, 4) is 11.3 Å². The van der Waals surface area contributed by atoms with E-state index in [0.717, 1.165) is 11.3 Å². The van der Waals surface area contributed by atoms with Gasteiger partial charge in [0.05, 0.1) is 22.3 Å². The zero-order chi connectivity index (χ0) is 18.8. The van der Waals surface area contributed by atoms with Crippen molar-refractivity contribution in [3.63, 3.8) is 0 Å². The third kappa shape index (κ3) is 3.25. The lowest BCUT2D eigenvalue weighted by atomic mass is 10.1. The Morgan fingerprint density at radius 2 is 1.78 bits per heavy atom. The second kappa shape index (κ2) is 6.72. The summed E-state index contributed by atoms with van der Waals surface area (Å²) >= 11 is 0. The molecule has 132 valence electrons. The second-order valence-corrected chi connectivity index (χ2v) is 5.84. The van der Waals surface area contributed by atoms with Crippen molar-refractivity contribution in [2.45, 2.75) is 0 Å². The predicted molar refractivity (Wildman–Crippen MR) is 101 cm³/mol. The minimum Gasteiger partial charge on any atom is -0.478 e. The number of rotatable bonds is 4. The highest BCUT2D eigenvalue weighted by molar-refractivity contribution is 6.05. The van der Waals surface area contributed by atoms with Gasteiger partial charge in [-0.05, 0) is 24.3 Å². The topological polar surface area (TPSA) is 108 Å². The number of pyridine rings is 1. The maximum absolute atomic E-state index is 12.4. The van der Waals surface area contributed by atoms with Gasteiger partial charge in [0.15, 0.2) is 0 Å². The quantitative estimate of drug-likeness (QED) is 0.517. The van der Waals surface area contributed by atoms with Gasteiger partial charge in [0.1, 0.15) is 5.52 Å². The molecule has 0 aliphatic rings. The van der Waals surface area contributed by atoms with Crippen LogP contribution in [0.1, 0.15) is 20.7 Å². The number of carboxylic acids is 1. The third-order valence-electron chi connectivity index (χ3n) is 4.07. The predicted octanol–water partition coefficient (Wildman–Crippen LogP) is 3.58. The molecule has 7 nitrogen and oxygen atoms in total. The van der Waals surface area contributed by atoms with Gasteiger partial charge < -0.3 is 10.1 Å². The fraction of sp³-hybridized carbons (Fsp3) is 0. The molecule has 0 aliphatic heterocycles.